The summed E-state index contributed by atoms with van der Waals surface area (Å²) in [5.41, 5.74) is 0. The summed E-state index contributed by atoms with van der Waals surface area (Å²) in [6, 6.07) is 0. The Kier molecular flexibility index (Phi) is 4.63. The average molecular weight is 210 g/mol. The number of epoxide rings is 1. The highest BCUT2D eigenvalue weighted by molar-refractivity contribution is 4.98. The van der Waals surface area contributed by atoms with E-state index in [2.05, 4.69) is 19.8 Å². The highest BCUT2D eigenvalue weighted by Crippen LogP contribution is 2.36. The monoisotopic (exact) mass is 210 g/mol. The van der Waals surface area contributed by atoms with E-state index in [1.54, 1.807) is 0 Å². The normalized spacial score (nSPS) is 30.3. The summed E-state index contributed by atoms with van der Waals surface area (Å²) < 4.78 is 5.54. The van der Waals surface area contributed by atoms with E-state index in [4.69, 9.17) is 11.2 Å². The molecular weight excluding hydrogens is 188 g/mol. The van der Waals surface area contributed by atoms with Gasteiger partial charge < -0.3 is 9.84 Å². The highest BCUT2D eigenvalue weighted by Gasteiger charge is 2.48. The van der Waals surface area contributed by atoms with Crippen molar-refractivity contribution in [1.29, 1.82) is 0 Å². The van der Waals surface area contributed by atoms with E-state index in [1.165, 1.54) is 6.42 Å². The van der Waals surface area contributed by atoms with Gasteiger partial charge in [0.25, 0.3) is 0 Å². The van der Waals surface area contributed by atoms with Crippen molar-refractivity contribution in [3.05, 3.63) is 0 Å². The van der Waals surface area contributed by atoms with Crippen LogP contribution >= 0.6 is 0 Å². The quantitative estimate of drug-likeness (QED) is 0.538. The van der Waals surface area contributed by atoms with Gasteiger partial charge >= 0.3 is 0 Å². The molecule has 1 fully saturated rings. The highest BCUT2D eigenvalue weighted by atomic mass is 16.6. The maximum absolute atomic E-state index is 9.96. The Morgan fingerprint density at radius 1 is 1.40 bits per heavy atom. The van der Waals surface area contributed by atoms with Crippen LogP contribution in [0.5, 0.6) is 0 Å². The third kappa shape index (κ3) is 3.22. The van der Waals surface area contributed by atoms with Gasteiger partial charge in [0, 0.05) is 6.42 Å². The van der Waals surface area contributed by atoms with Crippen LogP contribution in [0.3, 0.4) is 0 Å². The van der Waals surface area contributed by atoms with Crippen LogP contribution in [-0.2, 0) is 4.74 Å². The van der Waals surface area contributed by atoms with Crippen molar-refractivity contribution in [2.24, 2.45) is 11.8 Å². The van der Waals surface area contributed by atoms with E-state index in [-0.39, 0.29) is 18.1 Å². The molecule has 1 heterocycles. The topological polar surface area (TPSA) is 32.8 Å². The van der Waals surface area contributed by atoms with E-state index in [0.29, 0.717) is 12.3 Å². The van der Waals surface area contributed by atoms with Crippen molar-refractivity contribution in [2.45, 2.75) is 58.3 Å². The number of ether oxygens (including phenoxy) is 1. The molecule has 5 atom stereocenters. The molecule has 2 nitrogen and oxygen atoms in total. The summed E-state index contributed by atoms with van der Waals surface area (Å²) >= 11 is 0. The minimum atomic E-state index is -0.398. The summed E-state index contributed by atoms with van der Waals surface area (Å²) in [5.74, 6) is 3.27. The maximum atomic E-state index is 9.96. The lowest BCUT2D eigenvalue weighted by atomic mass is 9.92. The predicted molar refractivity (Wildman–Crippen MR) is 61.4 cm³/mol. The summed E-state index contributed by atoms with van der Waals surface area (Å²) in [6.45, 7) is 6.34. The number of aliphatic hydroxyl groups excluding tert-OH is 1. The Balaban J connectivity index is 2.33. The van der Waals surface area contributed by atoms with Crippen molar-refractivity contribution in [2.75, 3.05) is 0 Å². The van der Waals surface area contributed by atoms with E-state index < -0.39 is 6.10 Å². The van der Waals surface area contributed by atoms with Crippen molar-refractivity contribution in [1.82, 2.24) is 0 Å². The smallest absolute Gasteiger partial charge is 0.111 e. The standard InChI is InChI=1S/C13H22O2/c1-5-7-9(3)11(14)13-12(15-13)10(4)8-6-2/h1,9-14H,6-8H2,2-4H3/t9-,10-,11+,12+,13+/m1/s1. The fourth-order valence-electron chi connectivity index (χ4n) is 2.12. The number of terminal acetylenes is 1. The lowest BCUT2D eigenvalue weighted by molar-refractivity contribution is 0.0867. The summed E-state index contributed by atoms with van der Waals surface area (Å²) in [7, 11) is 0. The second-order valence-electron chi connectivity index (χ2n) is 4.71. The first-order valence-corrected chi connectivity index (χ1v) is 5.88. The molecule has 1 aliphatic rings. The Hall–Kier alpha value is -0.520. The lowest BCUT2D eigenvalue weighted by Gasteiger charge is -2.15. The van der Waals surface area contributed by atoms with Gasteiger partial charge in [0.15, 0.2) is 0 Å². The van der Waals surface area contributed by atoms with Gasteiger partial charge in [-0.05, 0) is 18.3 Å². The molecule has 86 valence electrons. The van der Waals surface area contributed by atoms with Crippen LogP contribution in [0.2, 0.25) is 0 Å². The molecule has 0 aromatic heterocycles. The molecule has 0 saturated carbocycles. The van der Waals surface area contributed by atoms with Crippen LogP contribution in [0.4, 0.5) is 0 Å². The van der Waals surface area contributed by atoms with Gasteiger partial charge in [0.1, 0.15) is 6.10 Å². The van der Waals surface area contributed by atoms with Crippen LogP contribution in [0.15, 0.2) is 0 Å². The zero-order valence-electron chi connectivity index (χ0n) is 9.94. The minimum Gasteiger partial charge on any atom is -0.390 e. The Morgan fingerprint density at radius 3 is 2.60 bits per heavy atom. The van der Waals surface area contributed by atoms with E-state index in [1.807, 2.05) is 6.92 Å². The average Bonchev–Trinajstić information content (AvgIpc) is 2.97. The van der Waals surface area contributed by atoms with Crippen LogP contribution in [0, 0.1) is 24.2 Å². The summed E-state index contributed by atoms with van der Waals surface area (Å²) in [6.07, 6.45) is 8.06. The maximum Gasteiger partial charge on any atom is 0.111 e. The van der Waals surface area contributed by atoms with E-state index in [0.717, 1.165) is 6.42 Å². The van der Waals surface area contributed by atoms with E-state index in [9.17, 15) is 5.11 Å². The molecule has 0 radical (unpaired) electrons. The molecule has 1 saturated heterocycles. The molecule has 2 heteroatoms. The number of aliphatic hydroxyl groups is 1. The van der Waals surface area contributed by atoms with Gasteiger partial charge in [-0.15, -0.1) is 12.3 Å². The minimum absolute atomic E-state index is 0.0231. The van der Waals surface area contributed by atoms with Gasteiger partial charge in [0.2, 0.25) is 0 Å². The van der Waals surface area contributed by atoms with Crippen molar-refractivity contribution < 1.29 is 9.84 Å². The number of rotatable bonds is 6. The lowest BCUT2D eigenvalue weighted by Crippen LogP contribution is -2.26. The van der Waals surface area contributed by atoms with Crippen LogP contribution in [-0.4, -0.2) is 23.4 Å². The molecule has 0 amide bonds. The Morgan fingerprint density at radius 2 is 2.07 bits per heavy atom. The largest absolute Gasteiger partial charge is 0.390 e. The van der Waals surface area contributed by atoms with Gasteiger partial charge in [-0.1, -0.05) is 27.2 Å². The molecule has 0 unspecified atom stereocenters. The molecule has 0 bridgehead atoms. The zero-order chi connectivity index (χ0) is 11.4. The zero-order valence-corrected chi connectivity index (χ0v) is 9.94. The van der Waals surface area contributed by atoms with Gasteiger partial charge in [-0.2, -0.15) is 0 Å². The van der Waals surface area contributed by atoms with Crippen LogP contribution in [0.1, 0.15) is 40.0 Å². The van der Waals surface area contributed by atoms with Crippen LogP contribution < -0.4 is 0 Å². The van der Waals surface area contributed by atoms with E-state index >= 15 is 0 Å². The van der Waals surface area contributed by atoms with Gasteiger partial charge in [0.05, 0.1) is 12.2 Å². The third-order valence-electron chi connectivity index (χ3n) is 3.23. The SMILES string of the molecule is C#CC[C@@H](C)[C@H](O)[C@@H]1O[C@H]1[C@H](C)CCC. The number of hydrogen-bond donors (Lipinski definition) is 1. The molecule has 1 aliphatic heterocycles. The number of hydrogen-bond acceptors (Lipinski definition) is 2. The second kappa shape index (κ2) is 5.53. The predicted octanol–water partition coefficient (Wildman–Crippen LogP) is 2.21. The van der Waals surface area contributed by atoms with Crippen molar-refractivity contribution >= 4 is 0 Å². The molecule has 1 N–H and O–H groups in total. The van der Waals surface area contributed by atoms with Crippen LogP contribution in [0.25, 0.3) is 0 Å². The molecule has 1 rings (SSSR count). The van der Waals surface area contributed by atoms with Crippen molar-refractivity contribution in [3.8, 4) is 12.3 Å². The van der Waals surface area contributed by atoms with Gasteiger partial charge in [-0.3, -0.25) is 0 Å². The molecular formula is C13H22O2. The molecule has 15 heavy (non-hydrogen) atoms. The molecule has 0 aromatic carbocycles. The molecule has 0 spiro atoms. The molecule has 0 aromatic rings. The molecule has 0 aliphatic carbocycles. The second-order valence-corrected chi connectivity index (χ2v) is 4.71. The first-order valence-electron chi connectivity index (χ1n) is 5.88. The fourth-order valence-corrected chi connectivity index (χ4v) is 2.12. The van der Waals surface area contributed by atoms with Crippen molar-refractivity contribution in [3.63, 3.8) is 0 Å². The first kappa shape index (κ1) is 12.5. The Labute approximate surface area is 93.0 Å². The fraction of sp³-hybridized carbons (Fsp3) is 0.846. The Bertz CT molecular complexity index is 231. The van der Waals surface area contributed by atoms with Gasteiger partial charge in [-0.25, -0.2) is 0 Å². The first-order chi connectivity index (χ1) is 7.11. The third-order valence-corrected chi connectivity index (χ3v) is 3.23. The summed E-state index contributed by atoms with van der Waals surface area (Å²) in [5, 5.41) is 9.96. The summed E-state index contributed by atoms with van der Waals surface area (Å²) in [4.78, 5) is 0.